The molecule has 6 nitrogen and oxygen atoms in total. The van der Waals surface area contributed by atoms with Gasteiger partial charge in [0.05, 0.1) is 11.4 Å². The zero-order valence-electron chi connectivity index (χ0n) is 17.3. The molecular weight excluding hydrogens is 388 g/mol. The molecule has 3 N–H and O–H groups in total. The fourth-order valence-electron chi connectivity index (χ4n) is 3.58. The highest BCUT2D eigenvalue weighted by Crippen LogP contribution is 2.30. The maximum atomic E-state index is 12.2. The maximum Gasteiger partial charge on any atom is 0.269 e. The number of rotatable bonds is 6. The number of pyridine rings is 1. The molecule has 0 aliphatic carbocycles. The predicted octanol–water partition coefficient (Wildman–Crippen LogP) is 4.32. The number of carbonyl (C=O) groups excluding carboxylic acids is 2. The molecule has 0 aliphatic heterocycles. The summed E-state index contributed by atoms with van der Waals surface area (Å²) in [4.78, 5) is 32.3. The minimum absolute atomic E-state index is 0.223. The van der Waals surface area contributed by atoms with Crippen molar-refractivity contribution in [2.24, 2.45) is 0 Å². The van der Waals surface area contributed by atoms with E-state index in [2.05, 4.69) is 26.9 Å². The maximum absolute atomic E-state index is 12.2. The van der Waals surface area contributed by atoms with Crippen LogP contribution in [0.1, 0.15) is 34.3 Å². The van der Waals surface area contributed by atoms with Gasteiger partial charge in [0.15, 0.2) is 0 Å². The zero-order valence-corrected chi connectivity index (χ0v) is 17.3. The van der Waals surface area contributed by atoms with Crippen LogP contribution in [0.15, 0.2) is 72.9 Å². The number of hydrazine groups is 1. The van der Waals surface area contributed by atoms with Crippen LogP contribution in [0.25, 0.3) is 22.3 Å². The number of aromatic nitrogens is 2. The van der Waals surface area contributed by atoms with E-state index in [0.717, 1.165) is 39.8 Å². The molecule has 0 unspecified atom stereocenters. The molecule has 6 heteroatoms. The van der Waals surface area contributed by atoms with Gasteiger partial charge in [-0.2, -0.15) is 0 Å². The first-order valence-corrected chi connectivity index (χ1v) is 10.3. The number of amides is 2. The molecule has 2 heterocycles. The van der Waals surface area contributed by atoms with E-state index in [0.29, 0.717) is 18.4 Å². The number of H-pyrrole nitrogens is 1. The average Bonchev–Trinajstić information content (AvgIpc) is 3.17. The minimum atomic E-state index is -0.331. The molecule has 31 heavy (non-hydrogen) atoms. The minimum Gasteiger partial charge on any atom is -0.353 e. The lowest BCUT2D eigenvalue weighted by molar-refractivity contribution is -0.121. The van der Waals surface area contributed by atoms with Gasteiger partial charge >= 0.3 is 0 Å². The van der Waals surface area contributed by atoms with Gasteiger partial charge in [0.25, 0.3) is 5.91 Å². The standard InChI is InChI=1S/C25H24N4O2/c1-17-12-14-18(15-13-17)25(31)29-28-23(30)11-6-8-20-19-7-2-3-9-21(19)27-24(20)22-10-4-5-16-26-22/h2-5,7,9-10,12-16,27H,6,8,11H2,1H3,(H,28,30)(H,29,31). The second kappa shape index (κ2) is 9.26. The summed E-state index contributed by atoms with van der Waals surface area (Å²) in [5.74, 6) is -0.554. The van der Waals surface area contributed by atoms with Crippen molar-refractivity contribution in [3.05, 3.63) is 89.6 Å². The third kappa shape index (κ3) is 4.80. The number of para-hydroxylation sites is 1. The first-order valence-electron chi connectivity index (χ1n) is 10.3. The van der Waals surface area contributed by atoms with Crippen LogP contribution in [0.2, 0.25) is 0 Å². The van der Waals surface area contributed by atoms with Gasteiger partial charge in [-0.3, -0.25) is 25.4 Å². The van der Waals surface area contributed by atoms with Gasteiger partial charge in [-0.15, -0.1) is 0 Å². The smallest absolute Gasteiger partial charge is 0.269 e. The van der Waals surface area contributed by atoms with E-state index in [4.69, 9.17) is 0 Å². The van der Waals surface area contributed by atoms with Crippen molar-refractivity contribution in [1.29, 1.82) is 0 Å². The Hall–Kier alpha value is -3.93. The Kier molecular flexibility index (Phi) is 6.08. The number of benzene rings is 2. The summed E-state index contributed by atoms with van der Waals surface area (Å²) in [5, 5.41) is 1.14. The molecule has 0 spiro atoms. The molecule has 0 saturated carbocycles. The largest absolute Gasteiger partial charge is 0.353 e. The normalized spacial score (nSPS) is 10.7. The molecular formula is C25H24N4O2. The van der Waals surface area contributed by atoms with Crippen LogP contribution in [-0.2, 0) is 11.2 Å². The molecule has 4 aromatic rings. The van der Waals surface area contributed by atoms with E-state index >= 15 is 0 Å². The lowest BCUT2D eigenvalue weighted by Gasteiger charge is -2.08. The predicted molar refractivity (Wildman–Crippen MR) is 121 cm³/mol. The van der Waals surface area contributed by atoms with E-state index in [1.807, 2.05) is 55.5 Å². The van der Waals surface area contributed by atoms with Crippen molar-refractivity contribution >= 4 is 22.7 Å². The van der Waals surface area contributed by atoms with Crippen LogP contribution in [-0.4, -0.2) is 21.8 Å². The Labute approximate surface area is 180 Å². The average molecular weight is 412 g/mol. The Bertz CT molecular complexity index is 1200. The third-order valence-electron chi connectivity index (χ3n) is 5.19. The SMILES string of the molecule is Cc1ccc(C(=O)NNC(=O)CCCc2c(-c3ccccn3)[nH]c3ccccc23)cc1. The molecule has 2 amide bonds. The monoisotopic (exact) mass is 412 g/mol. The lowest BCUT2D eigenvalue weighted by atomic mass is 10.0. The van der Waals surface area contributed by atoms with Gasteiger partial charge in [-0.1, -0.05) is 42.0 Å². The van der Waals surface area contributed by atoms with Gasteiger partial charge in [-0.25, -0.2) is 0 Å². The van der Waals surface area contributed by atoms with Crippen molar-refractivity contribution in [3.8, 4) is 11.4 Å². The van der Waals surface area contributed by atoms with E-state index < -0.39 is 0 Å². The molecule has 0 fully saturated rings. The summed E-state index contributed by atoms with van der Waals surface area (Å²) in [6.07, 6.45) is 3.44. The fourth-order valence-corrected chi connectivity index (χ4v) is 3.58. The highest BCUT2D eigenvalue weighted by molar-refractivity contribution is 5.95. The van der Waals surface area contributed by atoms with E-state index in [1.165, 1.54) is 0 Å². The molecule has 156 valence electrons. The quantitative estimate of drug-likeness (QED) is 0.412. The number of hydrogen-bond donors (Lipinski definition) is 3. The highest BCUT2D eigenvalue weighted by atomic mass is 16.2. The van der Waals surface area contributed by atoms with Crippen LogP contribution >= 0.6 is 0 Å². The first-order chi connectivity index (χ1) is 15.1. The molecule has 2 aromatic carbocycles. The number of fused-ring (bicyclic) bond motifs is 1. The van der Waals surface area contributed by atoms with E-state index in [-0.39, 0.29) is 11.8 Å². The number of carbonyl (C=O) groups is 2. The molecule has 0 bridgehead atoms. The summed E-state index contributed by atoms with van der Waals surface area (Å²) in [7, 11) is 0. The molecule has 0 radical (unpaired) electrons. The van der Waals surface area contributed by atoms with Crippen LogP contribution < -0.4 is 10.9 Å². The molecule has 0 aliphatic rings. The molecule has 0 atom stereocenters. The van der Waals surface area contributed by atoms with Crippen LogP contribution in [0, 0.1) is 6.92 Å². The summed E-state index contributed by atoms with van der Waals surface area (Å²) >= 11 is 0. The second-order valence-electron chi connectivity index (χ2n) is 7.46. The number of nitrogens with zero attached hydrogens (tertiary/aromatic N) is 1. The van der Waals surface area contributed by atoms with Gasteiger partial charge in [-0.05, 0) is 55.7 Å². The Morgan fingerprint density at radius 3 is 2.48 bits per heavy atom. The Morgan fingerprint density at radius 1 is 0.935 bits per heavy atom. The summed E-state index contributed by atoms with van der Waals surface area (Å²) < 4.78 is 0. The summed E-state index contributed by atoms with van der Waals surface area (Å²) in [6, 6.07) is 21.1. The number of aromatic amines is 1. The van der Waals surface area contributed by atoms with Crippen molar-refractivity contribution in [3.63, 3.8) is 0 Å². The lowest BCUT2D eigenvalue weighted by Crippen LogP contribution is -2.41. The fraction of sp³-hybridized carbons (Fsp3) is 0.160. The van der Waals surface area contributed by atoms with Crippen LogP contribution in [0.3, 0.4) is 0 Å². The Balaban J connectivity index is 1.37. The number of nitrogens with one attached hydrogen (secondary N) is 3. The van der Waals surface area contributed by atoms with Crippen molar-refractivity contribution in [1.82, 2.24) is 20.8 Å². The molecule has 0 saturated heterocycles. The second-order valence-corrected chi connectivity index (χ2v) is 7.46. The first kappa shape index (κ1) is 20.3. The van der Waals surface area contributed by atoms with Crippen molar-refractivity contribution < 1.29 is 9.59 Å². The van der Waals surface area contributed by atoms with Gasteiger partial charge < -0.3 is 4.98 Å². The third-order valence-corrected chi connectivity index (χ3v) is 5.19. The summed E-state index contributed by atoms with van der Waals surface area (Å²) in [6.45, 7) is 1.95. The van der Waals surface area contributed by atoms with Gasteiger partial charge in [0, 0.05) is 29.1 Å². The van der Waals surface area contributed by atoms with E-state index in [9.17, 15) is 9.59 Å². The van der Waals surface area contributed by atoms with Crippen LogP contribution in [0.5, 0.6) is 0 Å². The zero-order chi connectivity index (χ0) is 21.6. The van der Waals surface area contributed by atoms with Gasteiger partial charge in [0.1, 0.15) is 0 Å². The number of hydrogen-bond acceptors (Lipinski definition) is 3. The highest BCUT2D eigenvalue weighted by Gasteiger charge is 2.14. The number of aryl methyl sites for hydroxylation is 2. The topological polar surface area (TPSA) is 86.9 Å². The Morgan fingerprint density at radius 2 is 1.71 bits per heavy atom. The van der Waals surface area contributed by atoms with Crippen molar-refractivity contribution in [2.45, 2.75) is 26.2 Å². The van der Waals surface area contributed by atoms with E-state index in [1.54, 1.807) is 18.3 Å². The molecule has 4 rings (SSSR count). The van der Waals surface area contributed by atoms with Gasteiger partial charge in [0.2, 0.25) is 5.91 Å². The molecule has 2 aromatic heterocycles. The van der Waals surface area contributed by atoms with Crippen molar-refractivity contribution in [2.75, 3.05) is 0 Å². The summed E-state index contributed by atoms with van der Waals surface area (Å²) in [5.41, 5.74) is 10.6. The van der Waals surface area contributed by atoms with Crippen LogP contribution in [0.4, 0.5) is 0 Å².